The normalized spacial score (nSPS) is 15.7. The van der Waals surface area contributed by atoms with Gasteiger partial charge >= 0.3 is 0 Å². The van der Waals surface area contributed by atoms with E-state index < -0.39 is 0 Å². The number of hydrogen-bond acceptors (Lipinski definition) is 3. The number of nitrogens with one attached hydrogen (secondary N) is 2. The van der Waals surface area contributed by atoms with Crippen LogP contribution in [0.5, 0.6) is 0 Å². The molecule has 0 atom stereocenters. The predicted molar refractivity (Wildman–Crippen MR) is 94.6 cm³/mol. The van der Waals surface area contributed by atoms with Gasteiger partial charge in [0.15, 0.2) is 0 Å². The van der Waals surface area contributed by atoms with Crippen molar-refractivity contribution in [3.8, 4) is 0 Å². The Morgan fingerprint density at radius 3 is 2.70 bits per heavy atom. The monoisotopic (exact) mass is 311 g/mol. The van der Waals surface area contributed by atoms with Gasteiger partial charge in [-0.2, -0.15) is 0 Å². The second kappa shape index (κ2) is 8.09. The lowest BCUT2D eigenvalue weighted by Gasteiger charge is -2.27. The molecule has 0 saturated carbocycles. The van der Waals surface area contributed by atoms with E-state index in [1.165, 1.54) is 10.8 Å². The van der Waals surface area contributed by atoms with Gasteiger partial charge in [0.1, 0.15) is 0 Å². The van der Waals surface area contributed by atoms with Crippen LogP contribution in [0.4, 0.5) is 0 Å². The Morgan fingerprint density at radius 1 is 1.09 bits per heavy atom. The Bertz CT molecular complexity index is 650. The number of fused-ring (bicyclic) bond motifs is 1. The van der Waals surface area contributed by atoms with Crippen LogP contribution < -0.4 is 10.6 Å². The van der Waals surface area contributed by atoms with Crippen LogP contribution in [0.25, 0.3) is 10.8 Å². The fourth-order valence-electron chi connectivity index (χ4n) is 3.06. The Kier molecular flexibility index (Phi) is 5.61. The summed E-state index contributed by atoms with van der Waals surface area (Å²) < 4.78 is 0. The first-order valence-electron chi connectivity index (χ1n) is 8.49. The summed E-state index contributed by atoms with van der Waals surface area (Å²) in [5, 5.41) is 8.80. The molecule has 1 aliphatic heterocycles. The molecule has 23 heavy (non-hydrogen) atoms. The van der Waals surface area contributed by atoms with Crippen molar-refractivity contribution >= 4 is 16.7 Å². The van der Waals surface area contributed by atoms with Crippen molar-refractivity contribution in [1.82, 2.24) is 15.5 Å². The molecule has 1 heterocycles. The highest BCUT2D eigenvalue weighted by molar-refractivity contribution is 5.85. The third kappa shape index (κ3) is 4.78. The van der Waals surface area contributed by atoms with Gasteiger partial charge in [0.05, 0.1) is 6.42 Å². The summed E-state index contributed by atoms with van der Waals surface area (Å²) in [4.78, 5) is 14.5. The van der Waals surface area contributed by atoms with Crippen molar-refractivity contribution in [2.24, 2.45) is 0 Å². The van der Waals surface area contributed by atoms with Crippen molar-refractivity contribution in [2.75, 3.05) is 39.3 Å². The molecule has 4 nitrogen and oxygen atoms in total. The van der Waals surface area contributed by atoms with E-state index >= 15 is 0 Å². The highest BCUT2D eigenvalue weighted by Gasteiger charge is 2.09. The van der Waals surface area contributed by atoms with Crippen LogP contribution >= 0.6 is 0 Å². The van der Waals surface area contributed by atoms with Crippen LogP contribution in [0.3, 0.4) is 0 Å². The fraction of sp³-hybridized carbons (Fsp3) is 0.421. The van der Waals surface area contributed by atoms with Crippen molar-refractivity contribution < 1.29 is 4.79 Å². The lowest BCUT2D eigenvalue weighted by Crippen LogP contribution is -2.44. The quantitative estimate of drug-likeness (QED) is 0.800. The number of piperazine rings is 1. The van der Waals surface area contributed by atoms with E-state index in [1.54, 1.807) is 0 Å². The number of carbonyl (C=O) groups is 1. The number of amides is 1. The minimum absolute atomic E-state index is 0.112. The van der Waals surface area contributed by atoms with Gasteiger partial charge in [-0.05, 0) is 29.3 Å². The summed E-state index contributed by atoms with van der Waals surface area (Å²) in [6, 6.07) is 14.5. The molecule has 2 aromatic carbocycles. The molecule has 2 aromatic rings. The van der Waals surface area contributed by atoms with Gasteiger partial charge < -0.3 is 15.5 Å². The molecule has 0 aliphatic carbocycles. The van der Waals surface area contributed by atoms with Crippen LogP contribution in [0, 0.1) is 0 Å². The molecule has 0 spiro atoms. The van der Waals surface area contributed by atoms with E-state index in [1.807, 2.05) is 18.2 Å². The van der Waals surface area contributed by atoms with E-state index in [4.69, 9.17) is 0 Å². The molecule has 122 valence electrons. The van der Waals surface area contributed by atoms with Gasteiger partial charge in [0, 0.05) is 32.7 Å². The predicted octanol–water partition coefficient (Wildman–Crippen LogP) is 1.79. The lowest BCUT2D eigenvalue weighted by atomic mass is 10.0. The van der Waals surface area contributed by atoms with Crippen molar-refractivity contribution in [1.29, 1.82) is 0 Å². The molecule has 0 bridgehead atoms. The van der Waals surface area contributed by atoms with Gasteiger partial charge in [-0.1, -0.05) is 42.5 Å². The zero-order valence-corrected chi connectivity index (χ0v) is 13.6. The second-order valence-corrected chi connectivity index (χ2v) is 6.15. The molecule has 0 aromatic heterocycles. The molecule has 0 radical (unpaired) electrons. The van der Waals surface area contributed by atoms with Gasteiger partial charge in [0.2, 0.25) is 5.91 Å². The first-order valence-corrected chi connectivity index (χ1v) is 8.49. The highest BCUT2D eigenvalue weighted by atomic mass is 16.1. The summed E-state index contributed by atoms with van der Waals surface area (Å²) in [5.74, 6) is 0.112. The molecule has 1 aliphatic rings. The van der Waals surface area contributed by atoms with Crippen LogP contribution in [0.1, 0.15) is 12.0 Å². The van der Waals surface area contributed by atoms with Gasteiger partial charge in [-0.3, -0.25) is 4.79 Å². The number of benzene rings is 2. The first-order chi connectivity index (χ1) is 11.3. The molecular formula is C19H25N3O. The topological polar surface area (TPSA) is 44.4 Å². The molecule has 0 unspecified atom stereocenters. The summed E-state index contributed by atoms with van der Waals surface area (Å²) >= 11 is 0. The van der Waals surface area contributed by atoms with E-state index in [-0.39, 0.29) is 5.91 Å². The first kappa shape index (κ1) is 16.0. The van der Waals surface area contributed by atoms with Gasteiger partial charge in [-0.15, -0.1) is 0 Å². The largest absolute Gasteiger partial charge is 0.356 e. The number of hydrogen-bond donors (Lipinski definition) is 2. The van der Waals surface area contributed by atoms with E-state index in [0.717, 1.165) is 51.3 Å². The third-order valence-corrected chi connectivity index (χ3v) is 4.36. The molecule has 1 saturated heterocycles. The summed E-state index contributed by atoms with van der Waals surface area (Å²) in [7, 11) is 0. The molecular weight excluding hydrogens is 286 g/mol. The Labute approximate surface area is 137 Å². The summed E-state index contributed by atoms with van der Waals surface area (Å²) in [5.41, 5.74) is 1.07. The summed E-state index contributed by atoms with van der Waals surface area (Å²) in [6.45, 7) is 6.22. The fourth-order valence-corrected chi connectivity index (χ4v) is 3.06. The zero-order chi connectivity index (χ0) is 15.9. The Balaban J connectivity index is 1.41. The van der Waals surface area contributed by atoms with Crippen LogP contribution in [0.2, 0.25) is 0 Å². The average molecular weight is 311 g/mol. The van der Waals surface area contributed by atoms with E-state index in [9.17, 15) is 4.79 Å². The number of nitrogens with zero attached hydrogens (tertiary/aromatic N) is 1. The van der Waals surface area contributed by atoms with E-state index in [0.29, 0.717) is 6.42 Å². The Hall–Kier alpha value is -1.91. The maximum absolute atomic E-state index is 12.1. The number of carbonyl (C=O) groups excluding carboxylic acids is 1. The van der Waals surface area contributed by atoms with Gasteiger partial charge in [-0.25, -0.2) is 0 Å². The third-order valence-electron chi connectivity index (χ3n) is 4.36. The van der Waals surface area contributed by atoms with Crippen LogP contribution in [-0.4, -0.2) is 50.1 Å². The highest BCUT2D eigenvalue weighted by Crippen LogP contribution is 2.15. The standard InChI is InChI=1S/C19H25N3O/c23-19(21-8-3-11-22-12-9-20-10-13-22)15-16-6-7-17-4-1-2-5-18(17)14-16/h1-2,4-7,14,20H,3,8-13,15H2,(H,21,23). The maximum Gasteiger partial charge on any atom is 0.224 e. The molecule has 4 heteroatoms. The van der Waals surface area contributed by atoms with Gasteiger partial charge in [0.25, 0.3) is 0 Å². The molecule has 2 N–H and O–H groups in total. The summed E-state index contributed by atoms with van der Waals surface area (Å²) in [6.07, 6.45) is 1.47. The maximum atomic E-state index is 12.1. The molecule has 3 rings (SSSR count). The SMILES string of the molecule is O=C(Cc1ccc2ccccc2c1)NCCCN1CCNCC1. The van der Waals surface area contributed by atoms with Crippen molar-refractivity contribution in [3.63, 3.8) is 0 Å². The second-order valence-electron chi connectivity index (χ2n) is 6.15. The lowest BCUT2D eigenvalue weighted by molar-refractivity contribution is -0.120. The molecule has 1 fully saturated rings. The van der Waals surface area contributed by atoms with Crippen molar-refractivity contribution in [2.45, 2.75) is 12.8 Å². The zero-order valence-electron chi connectivity index (χ0n) is 13.6. The molecule has 1 amide bonds. The average Bonchev–Trinajstić information content (AvgIpc) is 2.59. The minimum Gasteiger partial charge on any atom is -0.356 e. The van der Waals surface area contributed by atoms with E-state index in [2.05, 4.69) is 39.8 Å². The van der Waals surface area contributed by atoms with Crippen molar-refractivity contribution in [3.05, 3.63) is 48.0 Å². The number of rotatable bonds is 6. The Morgan fingerprint density at radius 2 is 1.87 bits per heavy atom. The minimum atomic E-state index is 0.112. The van der Waals surface area contributed by atoms with Crippen LogP contribution in [0.15, 0.2) is 42.5 Å². The smallest absolute Gasteiger partial charge is 0.224 e. The van der Waals surface area contributed by atoms with Crippen LogP contribution in [-0.2, 0) is 11.2 Å².